The van der Waals surface area contributed by atoms with E-state index in [0.29, 0.717) is 23.1 Å². The van der Waals surface area contributed by atoms with Crippen LogP contribution in [-0.4, -0.2) is 9.97 Å². The summed E-state index contributed by atoms with van der Waals surface area (Å²) in [4.78, 5) is 8.39. The highest BCUT2D eigenvalue weighted by molar-refractivity contribution is 6.30. The summed E-state index contributed by atoms with van der Waals surface area (Å²) in [6.45, 7) is 1.30. The number of pyridine rings is 2. The van der Waals surface area contributed by atoms with Gasteiger partial charge in [-0.3, -0.25) is 9.97 Å². The largest absolute Gasteiger partial charge is 0.306 e. The van der Waals surface area contributed by atoms with Crippen molar-refractivity contribution in [1.82, 2.24) is 15.3 Å². The normalized spacial score (nSPS) is 10.5. The Morgan fingerprint density at radius 2 is 1.35 bits per heavy atom. The van der Waals surface area contributed by atoms with Crippen LogP contribution < -0.4 is 5.32 Å². The lowest BCUT2D eigenvalue weighted by molar-refractivity contribution is 0.667. The third-order valence-corrected chi connectivity index (χ3v) is 2.64. The summed E-state index contributed by atoms with van der Waals surface area (Å²) >= 11 is 11.7. The Hall–Kier alpha value is -1.16. The highest BCUT2D eigenvalue weighted by atomic mass is 35.5. The number of rotatable bonds is 4. The zero-order valence-electron chi connectivity index (χ0n) is 9.03. The topological polar surface area (TPSA) is 37.8 Å². The van der Waals surface area contributed by atoms with Gasteiger partial charge in [-0.2, -0.15) is 0 Å². The van der Waals surface area contributed by atoms with E-state index in [4.69, 9.17) is 23.2 Å². The smallest absolute Gasteiger partial charge is 0.0556 e. The highest BCUT2D eigenvalue weighted by Gasteiger charge is 1.98. The standard InChI is InChI=1S/C12H11Cl2N3/c13-9-1-3-16-11(5-9)7-15-8-12-6-10(14)2-4-17-12/h1-6,15H,7-8H2. The predicted molar refractivity (Wildman–Crippen MR) is 69.0 cm³/mol. The fourth-order valence-electron chi connectivity index (χ4n) is 1.41. The second-order valence-electron chi connectivity index (χ2n) is 3.53. The summed E-state index contributed by atoms with van der Waals surface area (Å²) in [6, 6.07) is 7.17. The number of nitrogens with zero attached hydrogens (tertiary/aromatic N) is 2. The van der Waals surface area contributed by atoms with Gasteiger partial charge in [-0.1, -0.05) is 23.2 Å². The number of halogens is 2. The summed E-state index contributed by atoms with van der Waals surface area (Å²) < 4.78 is 0. The first-order valence-electron chi connectivity index (χ1n) is 5.15. The lowest BCUT2D eigenvalue weighted by Gasteiger charge is -2.04. The summed E-state index contributed by atoms with van der Waals surface area (Å²) in [5.74, 6) is 0. The average Bonchev–Trinajstić information content (AvgIpc) is 2.29. The first-order chi connectivity index (χ1) is 8.24. The molecule has 0 fully saturated rings. The third-order valence-electron chi connectivity index (χ3n) is 2.17. The van der Waals surface area contributed by atoms with Crippen LogP contribution in [0.3, 0.4) is 0 Å². The van der Waals surface area contributed by atoms with Crippen molar-refractivity contribution >= 4 is 23.2 Å². The lowest BCUT2D eigenvalue weighted by atomic mass is 10.3. The Kier molecular flexibility index (Phi) is 4.31. The fraction of sp³-hybridized carbons (Fsp3) is 0.167. The van der Waals surface area contributed by atoms with Crippen molar-refractivity contribution in [3.05, 3.63) is 58.1 Å². The van der Waals surface area contributed by atoms with Gasteiger partial charge in [0.2, 0.25) is 0 Å². The maximum atomic E-state index is 5.86. The molecule has 2 heterocycles. The van der Waals surface area contributed by atoms with Crippen molar-refractivity contribution in [3.63, 3.8) is 0 Å². The summed E-state index contributed by atoms with van der Waals surface area (Å²) in [6.07, 6.45) is 3.38. The van der Waals surface area contributed by atoms with Crippen LogP contribution in [0.5, 0.6) is 0 Å². The van der Waals surface area contributed by atoms with Crippen LogP contribution in [-0.2, 0) is 13.1 Å². The van der Waals surface area contributed by atoms with Crippen LogP contribution in [0, 0.1) is 0 Å². The monoisotopic (exact) mass is 267 g/mol. The molecule has 1 N–H and O–H groups in total. The Bertz CT molecular complexity index is 457. The Morgan fingerprint density at radius 3 is 1.76 bits per heavy atom. The molecule has 0 unspecified atom stereocenters. The van der Waals surface area contributed by atoms with Gasteiger partial charge in [0.15, 0.2) is 0 Å². The van der Waals surface area contributed by atoms with E-state index >= 15 is 0 Å². The molecule has 0 saturated carbocycles. The predicted octanol–water partition coefficient (Wildman–Crippen LogP) is 3.07. The molecule has 2 rings (SSSR count). The molecule has 0 atom stereocenters. The molecule has 0 aliphatic rings. The second-order valence-corrected chi connectivity index (χ2v) is 4.41. The van der Waals surface area contributed by atoms with Crippen LogP contribution in [0.1, 0.15) is 11.4 Å². The first-order valence-corrected chi connectivity index (χ1v) is 5.91. The molecule has 2 aromatic heterocycles. The number of hydrogen-bond donors (Lipinski definition) is 1. The number of nitrogens with one attached hydrogen (secondary N) is 1. The molecule has 3 nitrogen and oxygen atoms in total. The van der Waals surface area contributed by atoms with Gasteiger partial charge >= 0.3 is 0 Å². The van der Waals surface area contributed by atoms with E-state index in [1.807, 2.05) is 12.1 Å². The minimum absolute atomic E-state index is 0.648. The van der Waals surface area contributed by atoms with E-state index in [1.54, 1.807) is 24.5 Å². The van der Waals surface area contributed by atoms with E-state index in [2.05, 4.69) is 15.3 Å². The summed E-state index contributed by atoms with van der Waals surface area (Å²) in [7, 11) is 0. The van der Waals surface area contributed by atoms with Crippen molar-refractivity contribution in [2.45, 2.75) is 13.1 Å². The highest BCUT2D eigenvalue weighted by Crippen LogP contribution is 2.09. The molecule has 0 spiro atoms. The molecule has 0 bridgehead atoms. The van der Waals surface area contributed by atoms with Crippen LogP contribution in [0.15, 0.2) is 36.7 Å². The SMILES string of the molecule is Clc1ccnc(CNCc2cc(Cl)ccn2)c1. The molecule has 5 heteroatoms. The van der Waals surface area contributed by atoms with Gasteiger partial charge in [0.1, 0.15) is 0 Å². The van der Waals surface area contributed by atoms with Crippen molar-refractivity contribution in [2.75, 3.05) is 0 Å². The van der Waals surface area contributed by atoms with Gasteiger partial charge in [-0.05, 0) is 24.3 Å². The molecule has 2 aromatic rings. The molecule has 0 aliphatic heterocycles. The number of hydrogen-bond acceptors (Lipinski definition) is 3. The van der Waals surface area contributed by atoms with Crippen LogP contribution >= 0.6 is 23.2 Å². The summed E-state index contributed by atoms with van der Waals surface area (Å²) in [5, 5.41) is 4.61. The maximum Gasteiger partial charge on any atom is 0.0556 e. The maximum absolute atomic E-state index is 5.86. The van der Waals surface area contributed by atoms with Gasteiger partial charge in [0, 0.05) is 35.5 Å². The van der Waals surface area contributed by atoms with E-state index in [9.17, 15) is 0 Å². The summed E-state index contributed by atoms with van der Waals surface area (Å²) in [5.41, 5.74) is 1.80. The van der Waals surface area contributed by atoms with Gasteiger partial charge in [0.05, 0.1) is 11.4 Å². The quantitative estimate of drug-likeness (QED) is 0.926. The molecular weight excluding hydrogens is 257 g/mol. The third kappa shape index (κ3) is 3.97. The Morgan fingerprint density at radius 1 is 0.882 bits per heavy atom. The van der Waals surface area contributed by atoms with E-state index in [-0.39, 0.29) is 0 Å². The minimum atomic E-state index is 0.648. The molecule has 88 valence electrons. The van der Waals surface area contributed by atoms with Crippen molar-refractivity contribution in [2.24, 2.45) is 0 Å². The van der Waals surface area contributed by atoms with Crippen molar-refractivity contribution in [1.29, 1.82) is 0 Å². The van der Waals surface area contributed by atoms with Crippen LogP contribution in [0.4, 0.5) is 0 Å². The Labute approximate surface area is 110 Å². The molecule has 0 saturated heterocycles. The molecular formula is C12H11Cl2N3. The van der Waals surface area contributed by atoms with E-state index < -0.39 is 0 Å². The van der Waals surface area contributed by atoms with Crippen molar-refractivity contribution < 1.29 is 0 Å². The molecule has 0 aromatic carbocycles. The van der Waals surface area contributed by atoms with Gasteiger partial charge in [0.25, 0.3) is 0 Å². The van der Waals surface area contributed by atoms with Crippen LogP contribution in [0.25, 0.3) is 0 Å². The molecule has 0 amide bonds. The van der Waals surface area contributed by atoms with E-state index in [0.717, 1.165) is 11.4 Å². The van der Waals surface area contributed by atoms with Gasteiger partial charge in [-0.15, -0.1) is 0 Å². The first kappa shape index (κ1) is 12.3. The van der Waals surface area contributed by atoms with Crippen molar-refractivity contribution in [3.8, 4) is 0 Å². The average molecular weight is 268 g/mol. The number of aromatic nitrogens is 2. The molecule has 0 radical (unpaired) electrons. The molecule has 17 heavy (non-hydrogen) atoms. The second kappa shape index (κ2) is 5.96. The van der Waals surface area contributed by atoms with Gasteiger partial charge in [-0.25, -0.2) is 0 Å². The van der Waals surface area contributed by atoms with E-state index in [1.165, 1.54) is 0 Å². The zero-order valence-corrected chi connectivity index (χ0v) is 10.5. The zero-order chi connectivity index (χ0) is 12.1. The minimum Gasteiger partial charge on any atom is -0.306 e. The fourth-order valence-corrected chi connectivity index (χ4v) is 1.77. The molecule has 0 aliphatic carbocycles. The van der Waals surface area contributed by atoms with Crippen LogP contribution in [0.2, 0.25) is 10.0 Å². The van der Waals surface area contributed by atoms with Gasteiger partial charge < -0.3 is 5.32 Å². The Balaban J connectivity index is 1.87. The lowest BCUT2D eigenvalue weighted by Crippen LogP contribution is -2.14.